The van der Waals surface area contributed by atoms with Gasteiger partial charge in [0.15, 0.2) is 4.34 Å². The maximum atomic E-state index is 13.5. The Morgan fingerprint density at radius 2 is 2.04 bits per heavy atom. The number of halogens is 1. The molecule has 0 saturated carbocycles. The van der Waals surface area contributed by atoms with E-state index in [2.05, 4.69) is 20.8 Å². The van der Waals surface area contributed by atoms with E-state index in [1.807, 2.05) is 31.2 Å². The predicted molar refractivity (Wildman–Crippen MR) is 108 cm³/mol. The number of benzene rings is 2. The Bertz CT molecular complexity index is 945. The number of hydrogen-bond donors (Lipinski definition) is 2. The molecule has 0 radical (unpaired) electrons. The van der Waals surface area contributed by atoms with Crippen LogP contribution < -0.4 is 10.6 Å². The van der Waals surface area contributed by atoms with Gasteiger partial charge in [0.1, 0.15) is 5.82 Å². The van der Waals surface area contributed by atoms with E-state index in [0.29, 0.717) is 21.6 Å². The molecule has 3 aromatic rings. The van der Waals surface area contributed by atoms with Crippen molar-refractivity contribution >= 4 is 39.8 Å². The van der Waals surface area contributed by atoms with Gasteiger partial charge in [-0.15, -0.1) is 10.2 Å². The molecule has 2 aromatic carbocycles. The molecule has 0 spiro atoms. The molecule has 0 bridgehead atoms. The van der Waals surface area contributed by atoms with Crippen molar-refractivity contribution in [1.82, 2.24) is 15.5 Å². The van der Waals surface area contributed by atoms with Gasteiger partial charge in [-0.1, -0.05) is 47.4 Å². The van der Waals surface area contributed by atoms with Crippen molar-refractivity contribution in [1.29, 1.82) is 0 Å². The normalized spacial score (nSPS) is 10.6. The Hall–Kier alpha value is -2.45. The van der Waals surface area contributed by atoms with Crippen molar-refractivity contribution in [3.63, 3.8) is 0 Å². The molecular formula is C19H19FN4OS2. The molecule has 3 rings (SSSR count). The number of nitrogens with zero attached hydrogens (tertiary/aromatic N) is 2. The quantitative estimate of drug-likeness (QED) is 0.572. The van der Waals surface area contributed by atoms with Crippen molar-refractivity contribution in [3.05, 3.63) is 65.0 Å². The molecule has 1 heterocycles. The standard InChI is InChI=1S/C19H19FN4OS2/c1-12-4-3-5-15(8-12)22-18-23-24-19(27-18)26-11-17(25)21-10-14-7-6-13(2)16(20)9-14/h3-9H,10-11H2,1-2H3,(H,21,25)(H,22,23). The fraction of sp³-hybridized carbons (Fsp3) is 0.211. The minimum Gasteiger partial charge on any atom is -0.351 e. The van der Waals surface area contributed by atoms with Gasteiger partial charge in [-0.25, -0.2) is 4.39 Å². The van der Waals surface area contributed by atoms with Crippen LogP contribution in [0.4, 0.5) is 15.2 Å². The second-order valence-electron chi connectivity index (χ2n) is 6.02. The topological polar surface area (TPSA) is 66.9 Å². The van der Waals surface area contributed by atoms with Gasteiger partial charge in [-0.05, 0) is 48.7 Å². The molecule has 0 fully saturated rings. The van der Waals surface area contributed by atoms with Crippen molar-refractivity contribution in [2.45, 2.75) is 24.7 Å². The van der Waals surface area contributed by atoms with Crippen LogP contribution in [0.5, 0.6) is 0 Å². The Morgan fingerprint density at radius 3 is 2.81 bits per heavy atom. The molecule has 1 aromatic heterocycles. The van der Waals surface area contributed by atoms with Crippen LogP contribution in [0, 0.1) is 19.7 Å². The molecule has 0 aliphatic heterocycles. The highest BCUT2D eigenvalue weighted by Crippen LogP contribution is 2.27. The lowest BCUT2D eigenvalue weighted by molar-refractivity contribution is -0.118. The zero-order chi connectivity index (χ0) is 19.2. The average molecular weight is 403 g/mol. The number of thioether (sulfide) groups is 1. The van der Waals surface area contributed by atoms with Crippen LogP contribution in [0.1, 0.15) is 16.7 Å². The maximum absolute atomic E-state index is 13.5. The Balaban J connectivity index is 1.46. The minimum absolute atomic E-state index is 0.135. The first-order valence-corrected chi connectivity index (χ1v) is 10.1. The summed E-state index contributed by atoms with van der Waals surface area (Å²) in [5, 5.41) is 14.8. The van der Waals surface area contributed by atoms with E-state index in [9.17, 15) is 9.18 Å². The van der Waals surface area contributed by atoms with E-state index in [-0.39, 0.29) is 17.5 Å². The van der Waals surface area contributed by atoms with Crippen LogP contribution in [0.15, 0.2) is 46.8 Å². The number of rotatable bonds is 7. The molecule has 0 atom stereocenters. The van der Waals surface area contributed by atoms with Crippen molar-refractivity contribution < 1.29 is 9.18 Å². The lowest BCUT2D eigenvalue weighted by Crippen LogP contribution is -2.24. The van der Waals surface area contributed by atoms with Crippen molar-refractivity contribution in [3.8, 4) is 0 Å². The van der Waals surface area contributed by atoms with Gasteiger partial charge in [0, 0.05) is 12.2 Å². The summed E-state index contributed by atoms with van der Waals surface area (Å²) in [4.78, 5) is 12.0. The van der Waals surface area contributed by atoms with Gasteiger partial charge < -0.3 is 10.6 Å². The summed E-state index contributed by atoms with van der Waals surface area (Å²) in [6.07, 6.45) is 0. The molecule has 8 heteroatoms. The first-order chi connectivity index (χ1) is 13.0. The molecule has 1 amide bonds. The van der Waals surface area contributed by atoms with Gasteiger partial charge in [-0.3, -0.25) is 4.79 Å². The minimum atomic E-state index is -0.265. The summed E-state index contributed by atoms with van der Waals surface area (Å²) in [5.41, 5.74) is 3.43. The van der Waals surface area contributed by atoms with Gasteiger partial charge in [0.25, 0.3) is 0 Å². The lowest BCUT2D eigenvalue weighted by atomic mass is 10.1. The Kier molecular flexibility index (Phi) is 6.41. The third-order valence-electron chi connectivity index (χ3n) is 3.73. The highest BCUT2D eigenvalue weighted by atomic mass is 32.2. The summed E-state index contributed by atoms with van der Waals surface area (Å²) >= 11 is 2.72. The molecule has 0 unspecified atom stereocenters. The van der Waals surface area contributed by atoms with E-state index in [4.69, 9.17) is 0 Å². The third-order valence-corrected chi connectivity index (χ3v) is 5.70. The van der Waals surface area contributed by atoms with Gasteiger partial charge in [0.2, 0.25) is 11.0 Å². The zero-order valence-corrected chi connectivity index (χ0v) is 16.6. The maximum Gasteiger partial charge on any atom is 0.230 e. The van der Waals surface area contributed by atoms with Crippen LogP contribution in [-0.4, -0.2) is 21.9 Å². The third kappa shape index (κ3) is 5.77. The number of carbonyl (C=O) groups excluding carboxylic acids is 1. The highest BCUT2D eigenvalue weighted by molar-refractivity contribution is 8.01. The van der Waals surface area contributed by atoms with E-state index in [1.165, 1.54) is 29.2 Å². The van der Waals surface area contributed by atoms with Crippen LogP contribution in [0.25, 0.3) is 0 Å². The molecule has 140 valence electrons. The molecule has 0 saturated heterocycles. The number of carbonyl (C=O) groups is 1. The molecule has 27 heavy (non-hydrogen) atoms. The van der Waals surface area contributed by atoms with E-state index in [1.54, 1.807) is 19.1 Å². The monoisotopic (exact) mass is 402 g/mol. The highest BCUT2D eigenvalue weighted by Gasteiger charge is 2.09. The molecule has 2 N–H and O–H groups in total. The van der Waals surface area contributed by atoms with Gasteiger partial charge in [-0.2, -0.15) is 0 Å². The van der Waals surface area contributed by atoms with Gasteiger partial charge >= 0.3 is 0 Å². The first-order valence-electron chi connectivity index (χ1n) is 8.31. The van der Waals surface area contributed by atoms with E-state index >= 15 is 0 Å². The number of aryl methyl sites for hydroxylation is 2. The first kappa shape index (κ1) is 19.3. The summed E-state index contributed by atoms with van der Waals surface area (Å²) in [5.74, 6) is -0.170. The second kappa shape index (κ2) is 8.96. The smallest absolute Gasteiger partial charge is 0.230 e. The molecular weight excluding hydrogens is 383 g/mol. The zero-order valence-electron chi connectivity index (χ0n) is 15.0. The lowest BCUT2D eigenvalue weighted by Gasteiger charge is -2.05. The molecule has 0 aliphatic rings. The fourth-order valence-electron chi connectivity index (χ4n) is 2.29. The largest absolute Gasteiger partial charge is 0.351 e. The summed E-state index contributed by atoms with van der Waals surface area (Å²) in [7, 11) is 0. The second-order valence-corrected chi connectivity index (χ2v) is 8.22. The van der Waals surface area contributed by atoms with Crippen molar-refractivity contribution in [2.24, 2.45) is 0 Å². The number of anilines is 2. The van der Waals surface area contributed by atoms with Crippen LogP contribution >= 0.6 is 23.1 Å². The average Bonchev–Trinajstić information content (AvgIpc) is 3.08. The van der Waals surface area contributed by atoms with Crippen LogP contribution in [0.3, 0.4) is 0 Å². The number of hydrogen-bond acceptors (Lipinski definition) is 6. The van der Waals surface area contributed by atoms with E-state index < -0.39 is 0 Å². The van der Waals surface area contributed by atoms with E-state index in [0.717, 1.165) is 16.8 Å². The summed E-state index contributed by atoms with van der Waals surface area (Å²) in [6, 6.07) is 12.9. The number of aromatic nitrogens is 2. The predicted octanol–water partition coefficient (Wildman–Crippen LogP) is 4.45. The van der Waals surface area contributed by atoms with Gasteiger partial charge in [0.05, 0.1) is 5.75 Å². The van der Waals surface area contributed by atoms with Crippen molar-refractivity contribution in [2.75, 3.05) is 11.1 Å². The fourth-order valence-corrected chi connectivity index (χ4v) is 3.89. The summed E-state index contributed by atoms with van der Waals surface area (Å²) in [6.45, 7) is 4.03. The van der Waals surface area contributed by atoms with Crippen LogP contribution in [-0.2, 0) is 11.3 Å². The van der Waals surface area contributed by atoms with Crippen LogP contribution in [0.2, 0.25) is 0 Å². The number of nitrogens with one attached hydrogen (secondary N) is 2. The Labute approximate surface area is 165 Å². The molecule has 5 nitrogen and oxygen atoms in total. The Morgan fingerprint density at radius 1 is 1.19 bits per heavy atom. The number of amides is 1. The summed E-state index contributed by atoms with van der Waals surface area (Å²) < 4.78 is 14.2. The SMILES string of the molecule is Cc1cccc(Nc2nnc(SCC(=O)NCc3ccc(C)c(F)c3)s2)c1. The molecule has 0 aliphatic carbocycles.